The topological polar surface area (TPSA) is 23.5 Å². The largest absolute Gasteiger partial charge is 0.391 e. The zero-order chi connectivity index (χ0) is 13.9. The predicted molar refractivity (Wildman–Crippen MR) is 91.0 cm³/mol. The lowest BCUT2D eigenvalue weighted by atomic mass is 9.86. The summed E-state index contributed by atoms with van der Waals surface area (Å²) in [7, 11) is 0. The quantitative estimate of drug-likeness (QED) is 0.784. The van der Waals surface area contributed by atoms with Gasteiger partial charge < -0.3 is 5.11 Å². The standard InChI is InChI=1S/C17H24INO/c18-15-6-2-1-5-14(15)13-9-11-19(12-10-13)16-7-3-4-8-17(16)20/h1-2,5-6,13,16-17,20H,3-4,7-12H2/t16-,17-/m1/s1. The zero-order valence-electron chi connectivity index (χ0n) is 12.0. The van der Waals surface area contributed by atoms with Crippen LogP contribution in [0.1, 0.15) is 50.0 Å². The molecule has 0 aromatic heterocycles. The molecule has 1 heterocycles. The summed E-state index contributed by atoms with van der Waals surface area (Å²) < 4.78 is 1.40. The van der Waals surface area contributed by atoms with Crippen LogP contribution in [0.4, 0.5) is 0 Å². The molecular formula is C17H24INO. The molecule has 1 aromatic carbocycles. The lowest BCUT2D eigenvalue weighted by molar-refractivity contribution is 0.00867. The Hall–Kier alpha value is -0.130. The van der Waals surface area contributed by atoms with Crippen molar-refractivity contribution in [1.29, 1.82) is 0 Å². The van der Waals surface area contributed by atoms with E-state index in [1.54, 1.807) is 0 Å². The number of hydrogen-bond acceptors (Lipinski definition) is 2. The average molecular weight is 385 g/mol. The summed E-state index contributed by atoms with van der Waals surface area (Å²) in [6, 6.07) is 9.22. The summed E-state index contributed by atoms with van der Waals surface area (Å²) in [5.74, 6) is 0.708. The molecule has 2 fully saturated rings. The first kappa shape index (κ1) is 14.8. The molecule has 1 aromatic rings. The number of aliphatic hydroxyl groups excluding tert-OH is 1. The molecular weight excluding hydrogens is 361 g/mol. The van der Waals surface area contributed by atoms with Crippen LogP contribution < -0.4 is 0 Å². The smallest absolute Gasteiger partial charge is 0.0695 e. The van der Waals surface area contributed by atoms with Gasteiger partial charge in [-0.1, -0.05) is 31.0 Å². The number of aliphatic hydroxyl groups is 1. The van der Waals surface area contributed by atoms with E-state index in [0.717, 1.165) is 19.5 Å². The number of nitrogens with zero attached hydrogens (tertiary/aromatic N) is 1. The van der Waals surface area contributed by atoms with Crippen molar-refractivity contribution in [3.8, 4) is 0 Å². The van der Waals surface area contributed by atoms with Crippen molar-refractivity contribution in [2.24, 2.45) is 0 Å². The van der Waals surface area contributed by atoms with E-state index in [0.29, 0.717) is 12.0 Å². The minimum absolute atomic E-state index is 0.0860. The van der Waals surface area contributed by atoms with Gasteiger partial charge in [0.2, 0.25) is 0 Å². The molecule has 2 nitrogen and oxygen atoms in total. The lowest BCUT2D eigenvalue weighted by Gasteiger charge is -2.41. The molecule has 3 rings (SSSR count). The van der Waals surface area contributed by atoms with Crippen LogP contribution in [0.25, 0.3) is 0 Å². The van der Waals surface area contributed by atoms with Crippen LogP contribution in [0.5, 0.6) is 0 Å². The monoisotopic (exact) mass is 385 g/mol. The van der Waals surface area contributed by atoms with E-state index < -0.39 is 0 Å². The van der Waals surface area contributed by atoms with E-state index in [9.17, 15) is 5.11 Å². The molecule has 0 amide bonds. The Morgan fingerprint density at radius 3 is 2.40 bits per heavy atom. The second-order valence-corrected chi connectivity index (χ2v) is 7.41. The second kappa shape index (κ2) is 6.75. The highest BCUT2D eigenvalue weighted by Crippen LogP contribution is 2.33. The second-order valence-electron chi connectivity index (χ2n) is 6.25. The summed E-state index contributed by atoms with van der Waals surface area (Å²) >= 11 is 2.46. The van der Waals surface area contributed by atoms with Crippen molar-refractivity contribution in [2.45, 2.75) is 56.6 Å². The number of benzene rings is 1. The fourth-order valence-corrected chi connectivity index (χ4v) is 4.69. The van der Waals surface area contributed by atoms with E-state index in [1.807, 2.05) is 0 Å². The third-order valence-corrected chi connectivity index (χ3v) is 6.02. The SMILES string of the molecule is O[C@@H]1CCCC[C@H]1N1CCC(c2ccccc2I)CC1. The van der Waals surface area contributed by atoms with Gasteiger partial charge in [0, 0.05) is 9.61 Å². The van der Waals surface area contributed by atoms with Crippen LogP contribution in [0.2, 0.25) is 0 Å². The van der Waals surface area contributed by atoms with Gasteiger partial charge in [-0.15, -0.1) is 0 Å². The predicted octanol–water partition coefficient (Wildman–Crippen LogP) is 3.77. The van der Waals surface area contributed by atoms with Crippen LogP contribution >= 0.6 is 22.6 Å². The molecule has 20 heavy (non-hydrogen) atoms. The molecule has 0 spiro atoms. The van der Waals surface area contributed by atoms with Gasteiger partial charge in [0.25, 0.3) is 0 Å². The molecule has 0 bridgehead atoms. The Morgan fingerprint density at radius 1 is 1.00 bits per heavy atom. The Balaban J connectivity index is 1.61. The average Bonchev–Trinajstić information content (AvgIpc) is 2.49. The number of likely N-dealkylation sites (tertiary alicyclic amines) is 1. The molecule has 1 saturated heterocycles. The van der Waals surface area contributed by atoms with Crippen molar-refractivity contribution >= 4 is 22.6 Å². The summed E-state index contributed by atoms with van der Waals surface area (Å²) in [6.07, 6.45) is 7.08. The Morgan fingerprint density at radius 2 is 1.70 bits per heavy atom. The molecule has 1 aliphatic heterocycles. The van der Waals surface area contributed by atoms with E-state index in [4.69, 9.17) is 0 Å². The third kappa shape index (κ3) is 3.20. The maximum absolute atomic E-state index is 10.2. The van der Waals surface area contributed by atoms with Crippen molar-refractivity contribution in [1.82, 2.24) is 4.90 Å². The Bertz CT molecular complexity index is 442. The number of piperidine rings is 1. The van der Waals surface area contributed by atoms with Crippen molar-refractivity contribution in [2.75, 3.05) is 13.1 Å². The normalized spacial score (nSPS) is 29.5. The minimum Gasteiger partial charge on any atom is -0.391 e. The molecule has 1 aliphatic carbocycles. The lowest BCUT2D eigenvalue weighted by Crippen LogP contribution is -2.48. The maximum atomic E-state index is 10.2. The van der Waals surface area contributed by atoms with Gasteiger partial charge in [-0.05, 0) is 78.9 Å². The van der Waals surface area contributed by atoms with E-state index in [2.05, 4.69) is 51.8 Å². The van der Waals surface area contributed by atoms with Crippen LogP contribution in [-0.4, -0.2) is 35.2 Å². The molecule has 2 atom stereocenters. The summed E-state index contributed by atoms with van der Waals surface area (Å²) in [5.41, 5.74) is 1.52. The van der Waals surface area contributed by atoms with Gasteiger partial charge in [-0.2, -0.15) is 0 Å². The van der Waals surface area contributed by atoms with Crippen molar-refractivity contribution in [3.05, 3.63) is 33.4 Å². The molecule has 0 unspecified atom stereocenters. The van der Waals surface area contributed by atoms with Gasteiger partial charge in [0.05, 0.1) is 6.10 Å². The fourth-order valence-electron chi connectivity index (χ4n) is 3.87. The van der Waals surface area contributed by atoms with E-state index >= 15 is 0 Å². The molecule has 3 heteroatoms. The van der Waals surface area contributed by atoms with Gasteiger partial charge in [0.15, 0.2) is 0 Å². The number of rotatable bonds is 2. The van der Waals surface area contributed by atoms with E-state index in [1.165, 1.54) is 41.2 Å². The number of halogens is 1. The fraction of sp³-hybridized carbons (Fsp3) is 0.647. The number of hydrogen-bond donors (Lipinski definition) is 1. The van der Waals surface area contributed by atoms with Gasteiger partial charge in [0.1, 0.15) is 0 Å². The molecule has 1 saturated carbocycles. The summed E-state index contributed by atoms with van der Waals surface area (Å²) in [4.78, 5) is 2.55. The molecule has 110 valence electrons. The van der Waals surface area contributed by atoms with Crippen LogP contribution in [-0.2, 0) is 0 Å². The third-order valence-electron chi connectivity index (χ3n) is 5.04. The maximum Gasteiger partial charge on any atom is 0.0695 e. The van der Waals surface area contributed by atoms with Gasteiger partial charge >= 0.3 is 0 Å². The van der Waals surface area contributed by atoms with Crippen LogP contribution in [0.15, 0.2) is 24.3 Å². The highest BCUT2D eigenvalue weighted by Gasteiger charge is 2.31. The van der Waals surface area contributed by atoms with Crippen LogP contribution in [0.3, 0.4) is 0 Å². The minimum atomic E-state index is -0.0860. The van der Waals surface area contributed by atoms with Crippen LogP contribution in [0, 0.1) is 3.57 Å². The Kier molecular flexibility index (Phi) is 5.00. The summed E-state index contributed by atoms with van der Waals surface area (Å²) in [6.45, 7) is 2.30. The van der Waals surface area contributed by atoms with Gasteiger partial charge in [-0.3, -0.25) is 4.90 Å². The highest BCUT2D eigenvalue weighted by atomic mass is 127. The van der Waals surface area contributed by atoms with Gasteiger partial charge in [-0.25, -0.2) is 0 Å². The Labute approximate surface area is 135 Å². The first-order chi connectivity index (χ1) is 9.75. The zero-order valence-corrected chi connectivity index (χ0v) is 14.1. The molecule has 2 aliphatic rings. The first-order valence-corrected chi connectivity index (χ1v) is 9.00. The van der Waals surface area contributed by atoms with Crippen molar-refractivity contribution in [3.63, 3.8) is 0 Å². The summed E-state index contributed by atoms with van der Waals surface area (Å²) in [5, 5.41) is 10.2. The first-order valence-electron chi connectivity index (χ1n) is 7.92. The highest BCUT2D eigenvalue weighted by molar-refractivity contribution is 14.1. The van der Waals surface area contributed by atoms with E-state index in [-0.39, 0.29) is 6.10 Å². The molecule has 0 radical (unpaired) electrons. The molecule has 1 N–H and O–H groups in total. The van der Waals surface area contributed by atoms with Crippen molar-refractivity contribution < 1.29 is 5.11 Å².